The number of imidazole rings is 1. The molecule has 3 aromatic rings. The smallest absolute Gasteiger partial charge is 0.291 e. The summed E-state index contributed by atoms with van der Waals surface area (Å²) in [5.41, 5.74) is 6.79. The van der Waals surface area contributed by atoms with Crippen molar-refractivity contribution in [3.8, 4) is 11.3 Å². The summed E-state index contributed by atoms with van der Waals surface area (Å²) in [6.07, 6.45) is 3.04. The Bertz CT molecular complexity index is 1080. The van der Waals surface area contributed by atoms with Gasteiger partial charge in [-0.2, -0.15) is 0 Å². The van der Waals surface area contributed by atoms with Crippen molar-refractivity contribution in [2.45, 2.75) is 18.9 Å². The molecule has 1 aliphatic heterocycles. The van der Waals surface area contributed by atoms with E-state index in [1.54, 1.807) is 6.07 Å². The molecule has 9 heteroatoms. The number of para-hydroxylation sites is 1. The second-order valence-electron chi connectivity index (χ2n) is 7.20. The molecule has 0 spiro atoms. The van der Waals surface area contributed by atoms with Crippen LogP contribution in [0.4, 0.5) is 24.5 Å². The van der Waals surface area contributed by atoms with Crippen LogP contribution in [-0.2, 0) is 0 Å². The maximum atomic E-state index is 14.6. The molecular weight excluding hydrogens is 395 g/mol. The molecule has 156 valence electrons. The molecule has 0 saturated carbocycles. The molecule has 1 saturated heterocycles. The van der Waals surface area contributed by atoms with Gasteiger partial charge in [0.1, 0.15) is 17.5 Å². The number of benzene rings is 2. The predicted octanol–water partition coefficient (Wildman–Crippen LogP) is 3.67. The molecule has 1 atom stereocenters. The summed E-state index contributed by atoms with van der Waals surface area (Å²) in [4.78, 5) is 21.3. The molecule has 1 unspecified atom stereocenters. The second-order valence-corrected chi connectivity index (χ2v) is 7.20. The average molecular weight is 415 g/mol. The standard InChI is InChI=1S/C21H20F3N5O/c22-12-6-7-14(16(24)9-12)18-10-26-20(27-18)21(30)28-17-5-1-4-15(23)19(17)29-8-2-3-13(25)11-29/h1,4-7,9-10,13H,2-3,8,11,25H2,(H,26,27)(H,28,30). The monoisotopic (exact) mass is 415 g/mol. The molecule has 30 heavy (non-hydrogen) atoms. The van der Waals surface area contributed by atoms with E-state index in [2.05, 4.69) is 15.3 Å². The van der Waals surface area contributed by atoms with Crippen molar-refractivity contribution in [3.05, 3.63) is 65.9 Å². The van der Waals surface area contributed by atoms with E-state index < -0.39 is 23.4 Å². The summed E-state index contributed by atoms with van der Waals surface area (Å²) in [5, 5.41) is 2.66. The van der Waals surface area contributed by atoms with Gasteiger partial charge in [0.05, 0.1) is 17.1 Å². The summed E-state index contributed by atoms with van der Waals surface area (Å²) < 4.78 is 41.7. The SMILES string of the molecule is NC1CCCN(c2c(F)cccc2NC(=O)c2nc(-c3ccc(F)cc3F)c[nH]2)C1. The van der Waals surface area contributed by atoms with Gasteiger partial charge in [-0.1, -0.05) is 6.07 Å². The van der Waals surface area contributed by atoms with Crippen molar-refractivity contribution in [3.63, 3.8) is 0 Å². The quantitative estimate of drug-likeness (QED) is 0.607. The lowest BCUT2D eigenvalue weighted by molar-refractivity contribution is 0.101. The fourth-order valence-electron chi connectivity index (χ4n) is 3.61. The summed E-state index contributed by atoms with van der Waals surface area (Å²) in [5.74, 6) is -2.66. The Hall–Kier alpha value is -3.33. The Kier molecular flexibility index (Phi) is 5.45. The van der Waals surface area contributed by atoms with Gasteiger partial charge in [-0.25, -0.2) is 18.2 Å². The van der Waals surface area contributed by atoms with Gasteiger partial charge in [0.15, 0.2) is 5.82 Å². The van der Waals surface area contributed by atoms with Crippen LogP contribution in [0.25, 0.3) is 11.3 Å². The minimum absolute atomic E-state index is 0.0560. The first kappa shape index (κ1) is 20.0. The minimum Gasteiger partial charge on any atom is -0.366 e. The summed E-state index contributed by atoms with van der Waals surface area (Å²) in [7, 11) is 0. The number of piperidine rings is 1. The van der Waals surface area contributed by atoms with Crippen LogP contribution in [0.3, 0.4) is 0 Å². The number of rotatable bonds is 4. The zero-order valence-electron chi connectivity index (χ0n) is 16.0. The van der Waals surface area contributed by atoms with E-state index in [1.807, 2.05) is 4.90 Å². The van der Waals surface area contributed by atoms with Gasteiger partial charge >= 0.3 is 0 Å². The number of hydrogen-bond acceptors (Lipinski definition) is 4. The van der Waals surface area contributed by atoms with Gasteiger partial charge in [-0.3, -0.25) is 4.79 Å². The minimum atomic E-state index is -0.790. The van der Waals surface area contributed by atoms with Crippen molar-refractivity contribution < 1.29 is 18.0 Å². The highest BCUT2D eigenvalue weighted by Gasteiger charge is 2.24. The number of nitrogens with one attached hydrogen (secondary N) is 2. The van der Waals surface area contributed by atoms with E-state index in [-0.39, 0.29) is 28.8 Å². The number of hydrogen-bond donors (Lipinski definition) is 3. The van der Waals surface area contributed by atoms with Crippen molar-refractivity contribution >= 4 is 17.3 Å². The van der Waals surface area contributed by atoms with Gasteiger partial charge in [0, 0.05) is 37.0 Å². The van der Waals surface area contributed by atoms with Crippen molar-refractivity contribution in [1.29, 1.82) is 0 Å². The van der Waals surface area contributed by atoms with Gasteiger partial charge in [-0.05, 0) is 37.1 Å². The van der Waals surface area contributed by atoms with E-state index in [1.165, 1.54) is 24.4 Å². The molecule has 6 nitrogen and oxygen atoms in total. The van der Waals surface area contributed by atoms with Crippen LogP contribution < -0.4 is 16.0 Å². The molecule has 4 rings (SSSR count). The van der Waals surface area contributed by atoms with Crippen molar-refractivity contribution in [1.82, 2.24) is 9.97 Å². The molecule has 4 N–H and O–H groups in total. The fraction of sp³-hybridized carbons (Fsp3) is 0.238. The first-order valence-electron chi connectivity index (χ1n) is 9.53. The number of amides is 1. The Labute approximate surface area is 170 Å². The highest BCUT2D eigenvalue weighted by molar-refractivity contribution is 6.04. The van der Waals surface area contributed by atoms with E-state index >= 15 is 0 Å². The van der Waals surface area contributed by atoms with Crippen LogP contribution in [-0.4, -0.2) is 35.0 Å². The second kappa shape index (κ2) is 8.19. The van der Waals surface area contributed by atoms with E-state index in [0.717, 1.165) is 25.0 Å². The maximum absolute atomic E-state index is 14.6. The molecule has 0 radical (unpaired) electrons. The molecule has 2 aromatic carbocycles. The van der Waals surface area contributed by atoms with Crippen molar-refractivity contribution in [2.24, 2.45) is 5.73 Å². The Morgan fingerprint density at radius 2 is 2.03 bits per heavy atom. The first-order chi connectivity index (χ1) is 14.4. The van der Waals surface area contributed by atoms with E-state index in [9.17, 15) is 18.0 Å². The third-order valence-electron chi connectivity index (χ3n) is 5.01. The van der Waals surface area contributed by atoms with E-state index in [0.29, 0.717) is 18.8 Å². The van der Waals surface area contributed by atoms with Crippen LogP contribution in [0.5, 0.6) is 0 Å². The molecule has 1 fully saturated rings. The lowest BCUT2D eigenvalue weighted by Gasteiger charge is -2.34. The van der Waals surface area contributed by atoms with Gasteiger partial charge in [0.25, 0.3) is 5.91 Å². The lowest BCUT2D eigenvalue weighted by Crippen LogP contribution is -2.43. The van der Waals surface area contributed by atoms with E-state index in [4.69, 9.17) is 5.73 Å². The third kappa shape index (κ3) is 4.02. The molecule has 1 aliphatic rings. The number of carbonyl (C=O) groups excluding carboxylic acids is 1. The number of carbonyl (C=O) groups is 1. The number of aromatic amines is 1. The average Bonchev–Trinajstić information content (AvgIpc) is 3.18. The van der Waals surface area contributed by atoms with Crippen LogP contribution in [0, 0.1) is 17.5 Å². The molecule has 1 amide bonds. The summed E-state index contributed by atoms with van der Waals surface area (Å²) in [6, 6.07) is 7.45. The lowest BCUT2D eigenvalue weighted by atomic mass is 10.1. The zero-order chi connectivity index (χ0) is 21.3. The molecule has 2 heterocycles. The normalized spacial score (nSPS) is 16.5. The number of H-pyrrole nitrogens is 1. The maximum Gasteiger partial charge on any atom is 0.291 e. The van der Waals surface area contributed by atoms with Gasteiger partial charge in [-0.15, -0.1) is 0 Å². The third-order valence-corrected chi connectivity index (χ3v) is 5.01. The van der Waals surface area contributed by atoms with Gasteiger partial charge in [0.2, 0.25) is 0 Å². The highest BCUT2D eigenvalue weighted by atomic mass is 19.1. The number of anilines is 2. The molecule has 0 aliphatic carbocycles. The van der Waals surface area contributed by atoms with Crippen molar-refractivity contribution in [2.75, 3.05) is 23.3 Å². The van der Waals surface area contributed by atoms with Crippen LogP contribution >= 0.6 is 0 Å². The number of nitrogens with zero attached hydrogens (tertiary/aromatic N) is 2. The topological polar surface area (TPSA) is 87.0 Å². The Balaban J connectivity index is 1.58. The Morgan fingerprint density at radius 1 is 1.20 bits per heavy atom. The fourth-order valence-corrected chi connectivity index (χ4v) is 3.61. The summed E-state index contributed by atoms with van der Waals surface area (Å²) >= 11 is 0. The predicted molar refractivity (Wildman–Crippen MR) is 108 cm³/mol. The molecule has 0 bridgehead atoms. The number of aromatic nitrogens is 2. The largest absolute Gasteiger partial charge is 0.366 e. The zero-order valence-corrected chi connectivity index (χ0v) is 16.0. The summed E-state index contributed by atoms with van der Waals surface area (Å²) in [6.45, 7) is 1.12. The van der Waals surface area contributed by atoms with Crippen LogP contribution in [0.1, 0.15) is 23.5 Å². The Morgan fingerprint density at radius 3 is 2.80 bits per heavy atom. The molecular formula is C21H20F3N5O. The first-order valence-corrected chi connectivity index (χ1v) is 9.53. The number of halogens is 3. The van der Waals surface area contributed by atoms with Crippen LogP contribution in [0.15, 0.2) is 42.6 Å². The van der Waals surface area contributed by atoms with Crippen LogP contribution in [0.2, 0.25) is 0 Å². The van der Waals surface area contributed by atoms with Gasteiger partial charge < -0.3 is 20.9 Å². The highest BCUT2D eigenvalue weighted by Crippen LogP contribution is 2.31. The molecule has 1 aromatic heterocycles. The number of nitrogens with two attached hydrogens (primary N) is 1.